The third-order valence-electron chi connectivity index (χ3n) is 10.9. The Morgan fingerprint density at radius 1 is 1.17 bits per heavy atom. The van der Waals surface area contributed by atoms with Crippen molar-refractivity contribution in [2.75, 3.05) is 41.0 Å². The van der Waals surface area contributed by atoms with E-state index in [2.05, 4.69) is 11.8 Å². The summed E-state index contributed by atoms with van der Waals surface area (Å²) in [4.78, 5) is 16.2. The molecule has 6 heteroatoms. The minimum absolute atomic E-state index is 0.0611. The Morgan fingerprint density at radius 3 is 2.63 bits per heavy atom. The van der Waals surface area contributed by atoms with Gasteiger partial charge in [-0.15, -0.1) is 0 Å². The summed E-state index contributed by atoms with van der Waals surface area (Å²) in [6.45, 7) is 5.02. The van der Waals surface area contributed by atoms with Crippen molar-refractivity contribution in [3.05, 3.63) is 0 Å². The number of rotatable bonds is 5. The molecule has 1 spiro atoms. The van der Waals surface area contributed by atoms with Gasteiger partial charge in [-0.1, -0.05) is 6.92 Å². The summed E-state index contributed by atoms with van der Waals surface area (Å²) >= 11 is 0. The molecule has 6 aliphatic rings. The van der Waals surface area contributed by atoms with Gasteiger partial charge in [0, 0.05) is 63.0 Å². The Balaban J connectivity index is 1.59. The van der Waals surface area contributed by atoms with Crippen LogP contribution in [0.15, 0.2) is 0 Å². The number of carbonyl (C=O) groups is 1. The van der Waals surface area contributed by atoms with E-state index >= 15 is 0 Å². The van der Waals surface area contributed by atoms with Crippen molar-refractivity contribution < 1.29 is 24.1 Å². The highest BCUT2D eigenvalue weighted by atomic mass is 16.5. The first-order chi connectivity index (χ1) is 14.4. The zero-order valence-corrected chi connectivity index (χ0v) is 18.8. The minimum Gasteiger partial charge on any atom is -0.389 e. The normalized spacial score (nSPS) is 58.4. The van der Waals surface area contributed by atoms with Crippen LogP contribution < -0.4 is 0 Å². The van der Waals surface area contributed by atoms with E-state index in [4.69, 9.17) is 14.2 Å². The smallest absolute Gasteiger partial charge is 0.144 e. The number of likely N-dealkylation sites (tertiary alicyclic amines) is 1. The maximum absolute atomic E-state index is 13.6. The minimum atomic E-state index is -0.947. The van der Waals surface area contributed by atoms with Crippen LogP contribution in [0.1, 0.15) is 39.0 Å². The zero-order valence-electron chi connectivity index (χ0n) is 18.8. The maximum atomic E-state index is 13.6. The van der Waals surface area contributed by atoms with Crippen LogP contribution in [0.4, 0.5) is 0 Å². The first-order valence-corrected chi connectivity index (χ1v) is 12.0. The molecule has 5 saturated carbocycles. The predicted molar refractivity (Wildman–Crippen MR) is 110 cm³/mol. The molecular formula is C24H37NO5. The largest absolute Gasteiger partial charge is 0.389 e. The quantitative estimate of drug-likeness (QED) is 0.732. The molecule has 1 unspecified atom stereocenters. The average molecular weight is 420 g/mol. The lowest BCUT2D eigenvalue weighted by Gasteiger charge is -2.69. The van der Waals surface area contributed by atoms with Gasteiger partial charge in [0.2, 0.25) is 0 Å². The fraction of sp³-hybridized carbons (Fsp3) is 0.958. The van der Waals surface area contributed by atoms with Gasteiger partial charge in [0.05, 0.1) is 30.3 Å². The Morgan fingerprint density at radius 2 is 1.97 bits per heavy atom. The summed E-state index contributed by atoms with van der Waals surface area (Å²) in [7, 11) is 5.40. The van der Waals surface area contributed by atoms with Crippen LogP contribution in [0.3, 0.4) is 0 Å². The molecule has 0 aromatic carbocycles. The van der Waals surface area contributed by atoms with Gasteiger partial charge in [0.15, 0.2) is 0 Å². The molecular weight excluding hydrogens is 382 g/mol. The van der Waals surface area contributed by atoms with Gasteiger partial charge in [-0.3, -0.25) is 9.69 Å². The van der Waals surface area contributed by atoms with E-state index < -0.39 is 5.60 Å². The molecule has 6 nitrogen and oxygen atoms in total. The van der Waals surface area contributed by atoms with Gasteiger partial charge in [0.1, 0.15) is 5.78 Å². The lowest BCUT2D eigenvalue weighted by atomic mass is 9.43. The van der Waals surface area contributed by atoms with Gasteiger partial charge in [0.25, 0.3) is 0 Å². The van der Waals surface area contributed by atoms with Crippen molar-refractivity contribution in [3.8, 4) is 0 Å². The monoisotopic (exact) mass is 419 g/mol. The molecule has 7 bridgehead atoms. The molecule has 5 aliphatic carbocycles. The molecule has 0 radical (unpaired) electrons. The van der Waals surface area contributed by atoms with Gasteiger partial charge in [-0.05, 0) is 44.1 Å². The van der Waals surface area contributed by atoms with Crippen LogP contribution in [0, 0.1) is 40.4 Å². The summed E-state index contributed by atoms with van der Waals surface area (Å²) in [5, 5.41) is 12.3. The number of fused-ring (bicyclic) bond motifs is 2. The second kappa shape index (κ2) is 6.28. The fourth-order valence-electron chi connectivity index (χ4n) is 10.4. The molecule has 0 aromatic heterocycles. The summed E-state index contributed by atoms with van der Waals surface area (Å²) in [6, 6.07) is 0.288. The van der Waals surface area contributed by atoms with Crippen LogP contribution in [-0.2, 0) is 19.0 Å². The lowest BCUT2D eigenvalue weighted by molar-refractivity contribution is -0.262. The van der Waals surface area contributed by atoms with Crippen molar-refractivity contribution in [1.82, 2.24) is 4.90 Å². The van der Waals surface area contributed by atoms with Gasteiger partial charge >= 0.3 is 0 Å². The van der Waals surface area contributed by atoms with E-state index in [0.717, 1.165) is 45.4 Å². The number of hydrogen-bond donors (Lipinski definition) is 1. The molecule has 6 fully saturated rings. The van der Waals surface area contributed by atoms with E-state index in [-0.39, 0.29) is 58.5 Å². The van der Waals surface area contributed by atoms with Crippen molar-refractivity contribution in [2.45, 2.75) is 62.9 Å². The Labute approximate surface area is 179 Å². The second-order valence-electron chi connectivity index (χ2n) is 11.3. The van der Waals surface area contributed by atoms with Crippen LogP contribution in [0.2, 0.25) is 0 Å². The van der Waals surface area contributed by atoms with Crippen LogP contribution in [-0.4, -0.2) is 80.7 Å². The zero-order chi connectivity index (χ0) is 21.1. The Bertz CT molecular complexity index is 760. The van der Waals surface area contributed by atoms with E-state index in [1.807, 2.05) is 14.2 Å². The SMILES string of the molecule is CCN1C[C@]2(COC)CC[C@H](OC)[C@]34C1[C@H](C[C@H]23)[C@@]1(O)C[C@H](OC)[C@H]2C[C@@H]4[C@@H]1C2=O. The van der Waals surface area contributed by atoms with E-state index in [0.29, 0.717) is 12.3 Å². The van der Waals surface area contributed by atoms with Crippen LogP contribution in [0.5, 0.6) is 0 Å². The van der Waals surface area contributed by atoms with Gasteiger partial charge in [-0.25, -0.2) is 0 Å². The van der Waals surface area contributed by atoms with E-state index in [1.54, 1.807) is 7.11 Å². The summed E-state index contributed by atoms with van der Waals surface area (Å²) in [5.41, 5.74) is -0.909. The number of Topliss-reactive ketones (excluding diaryl/α,β-unsaturated/α-hetero) is 1. The Hall–Kier alpha value is -0.530. The van der Waals surface area contributed by atoms with Crippen molar-refractivity contribution in [3.63, 3.8) is 0 Å². The molecule has 1 N–H and O–H groups in total. The number of ketones is 1. The number of carbonyl (C=O) groups excluding carboxylic acids is 1. The number of methoxy groups -OCH3 is 3. The standard InChI is InChI=1S/C24H37NO5/c1-5-25-11-22(12-28-2)7-6-18(30-4)24-14-8-13-16(29-3)10-23(27,19(14)20(13)26)15(21(24)25)9-17(22)24/h13-19,21,27H,5-12H2,1-4H3/t13-,14-,15+,16+,17-,18+,19-,21?,22+,23+,24-/m1/s1. The molecule has 1 saturated heterocycles. The third-order valence-corrected chi connectivity index (χ3v) is 10.9. The first-order valence-electron chi connectivity index (χ1n) is 12.0. The topological polar surface area (TPSA) is 68.2 Å². The highest BCUT2D eigenvalue weighted by Crippen LogP contribution is 2.78. The van der Waals surface area contributed by atoms with Crippen molar-refractivity contribution >= 4 is 5.78 Å². The van der Waals surface area contributed by atoms with E-state index in [1.165, 1.54) is 0 Å². The number of hydrogen-bond acceptors (Lipinski definition) is 6. The van der Waals surface area contributed by atoms with Crippen molar-refractivity contribution in [2.24, 2.45) is 40.4 Å². The third kappa shape index (κ3) is 1.95. The number of nitrogens with zero attached hydrogens (tertiary/aromatic N) is 1. The maximum Gasteiger partial charge on any atom is 0.144 e. The predicted octanol–water partition coefficient (Wildman–Crippen LogP) is 1.74. The summed E-state index contributed by atoms with van der Waals surface area (Å²) in [5.74, 6) is 0.710. The fourth-order valence-corrected chi connectivity index (χ4v) is 10.4. The van der Waals surface area contributed by atoms with Crippen LogP contribution in [0.25, 0.3) is 0 Å². The highest BCUT2D eigenvalue weighted by molar-refractivity contribution is 5.89. The first kappa shape index (κ1) is 20.1. The average Bonchev–Trinajstić information content (AvgIpc) is 3.15. The number of piperidine rings is 1. The second-order valence-corrected chi connectivity index (χ2v) is 11.3. The van der Waals surface area contributed by atoms with Gasteiger partial charge in [-0.2, -0.15) is 0 Å². The summed E-state index contributed by atoms with van der Waals surface area (Å²) in [6.07, 6.45) is 4.59. The van der Waals surface area contributed by atoms with Crippen molar-refractivity contribution in [1.29, 1.82) is 0 Å². The number of aliphatic hydroxyl groups is 1. The molecule has 168 valence electrons. The van der Waals surface area contributed by atoms with E-state index in [9.17, 15) is 9.90 Å². The highest BCUT2D eigenvalue weighted by Gasteiger charge is 2.83. The van der Waals surface area contributed by atoms with Crippen LogP contribution >= 0.6 is 0 Å². The number of ether oxygens (including phenoxy) is 3. The lowest BCUT2D eigenvalue weighted by Crippen LogP contribution is -2.76. The molecule has 0 amide bonds. The molecule has 1 heterocycles. The van der Waals surface area contributed by atoms with Gasteiger partial charge < -0.3 is 19.3 Å². The molecule has 1 aliphatic heterocycles. The molecule has 11 atom stereocenters. The Kier molecular flexibility index (Phi) is 4.21. The molecule has 6 rings (SSSR count). The molecule has 0 aromatic rings. The molecule has 30 heavy (non-hydrogen) atoms. The summed E-state index contributed by atoms with van der Waals surface area (Å²) < 4.78 is 17.9.